The van der Waals surface area contributed by atoms with Gasteiger partial charge in [0.2, 0.25) is 0 Å². The van der Waals surface area contributed by atoms with Crippen molar-refractivity contribution in [3.63, 3.8) is 0 Å². The minimum Gasteiger partial charge on any atom is -0.497 e. The van der Waals surface area contributed by atoms with Crippen molar-refractivity contribution in [3.8, 4) is 11.5 Å². The first-order valence-electron chi connectivity index (χ1n) is 7.67. The number of carbonyl (C=O) groups is 2. The van der Waals surface area contributed by atoms with Crippen LogP contribution in [-0.2, 0) is 4.79 Å². The number of urea groups is 1. The van der Waals surface area contributed by atoms with E-state index in [4.69, 9.17) is 9.47 Å². The van der Waals surface area contributed by atoms with E-state index in [1.807, 2.05) is 0 Å². The number of hydrogen-bond donors (Lipinski definition) is 1. The fourth-order valence-electron chi connectivity index (χ4n) is 2.98. The molecule has 1 N–H and O–H groups in total. The van der Waals surface area contributed by atoms with E-state index in [0.29, 0.717) is 24.5 Å². The SMILES string of the molecule is COc1ccc(OC[C@H](O)CN2C(=O)[C@H]3CCCN3C2=O)cc1. The zero-order valence-corrected chi connectivity index (χ0v) is 13.0. The number of fused-ring (bicyclic) bond motifs is 1. The Bertz CT molecular complexity index is 567. The minimum atomic E-state index is -0.926. The molecule has 0 aliphatic carbocycles. The number of aliphatic hydroxyl groups is 1. The molecule has 2 fully saturated rings. The molecule has 3 amide bonds. The van der Waals surface area contributed by atoms with Gasteiger partial charge in [0.1, 0.15) is 30.3 Å². The third-order valence-corrected chi connectivity index (χ3v) is 4.18. The van der Waals surface area contributed by atoms with Crippen molar-refractivity contribution in [2.24, 2.45) is 0 Å². The third kappa shape index (κ3) is 3.10. The number of imide groups is 1. The maximum Gasteiger partial charge on any atom is 0.327 e. The van der Waals surface area contributed by atoms with Gasteiger partial charge in [-0.2, -0.15) is 0 Å². The molecule has 0 bridgehead atoms. The topological polar surface area (TPSA) is 79.3 Å². The van der Waals surface area contributed by atoms with Gasteiger partial charge < -0.3 is 19.5 Å². The largest absolute Gasteiger partial charge is 0.497 e. The van der Waals surface area contributed by atoms with Crippen LogP contribution in [-0.4, -0.2) is 65.8 Å². The van der Waals surface area contributed by atoms with E-state index in [2.05, 4.69) is 0 Å². The van der Waals surface area contributed by atoms with E-state index in [0.717, 1.165) is 11.3 Å². The summed E-state index contributed by atoms with van der Waals surface area (Å²) in [5, 5.41) is 10.1. The van der Waals surface area contributed by atoms with Crippen LogP contribution in [0.15, 0.2) is 24.3 Å². The lowest BCUT2D eigenvalue weighted by Crippen LogP contribution is -2.41. The molecule has 1 aromatic rings. The van der Waals surface area contributed by atoms with Crippen molar-refractivity contribution in [2.75, 3.05) is 26.8 Å². The van der Waals surface area contributed by atoms with Crippen LogP contribution >= 0.6 is 0 Å². The highest BCUT2D eigenvalue weighted by Gasteiger charge is 2.47. The van der Waals surface area contributed by atoms with Gasteiger partial charge in [-0.25, -0.2) is 4.79 Å². The molecular weight excluding hydrogens is 300 g/mol. The smallest absolute Gasteiger partial charge is 0.327 e. The molecular formula is C16H20N2O5. The average molecular weight is 320 g/mol. The van der Waals surface area contributed by atoms with E-state index < -0.39 is 6.10 Å². The molecule has 23 heavy (non-hydrogen) atoms. The van der Waals surface area contributed by atoms with Gasteiger partial charge in [-0.3, -0.25) is 9.69 Å². The van der Waals surface area contributed by atoms with Gasteiger partial charge in [0.25, 0.3) is 5.91 Å². The molecule has 2 atom stereocenters. The van der Waals surface area contributed by atoms with Gasteiger partial charge in [0.15, 0.2) is 0 Å². The zero-order valence-electron chi connectivity index (χ0n) is 13.0. The highest BCUT2D eigenvalue weighted by Crippen LogP contribution is 2.27. The predicted molar refractivity (Wildman–Crippen MR) is 81.3 cm³/mol. The molecule has 7 nitrogen and oxygen atoms in total. The Morgan fingerprint density at radius 1 is 1.26 bits per heavy atom. The van der Waals surface area contributed by atoms with E-state index >= 15 is 0 Å². The fourth-order valence-corrected chi connectivity index (χ4v) is 2.98. The van der Waals surface area contributed by atoms with Crippen LogP contribution in [0.5, 0.6) is 11.5 Å². The summed E-state index contributed by atoms with van der Waals surface area (Å²) in [6, 6.07) is 6.33. The Balaban J connectivity index is 1.52. The second-order valence-corrected chi connectivity index (χ2v) is 5.72. The summed E-state index contributed by atoms with van der Waals surface area (Å²) in [4.78, 5) is 27.0. The summed E-state index contributed by atoms with van der Waals surface area (Å²) in [7, 11) is 1.58. The Hall–Kier alpha value is -2.28. The first-order valence-corrected chi connectivity index (χ1v) is 7.67. The predicted octanol–water partition coefficient (Wildman–Crippen LogP) is 0.861. The highest BCUT2D eigenvalue weighted by atomic mass is 16.5. The van der Waals surface area contributed by atoms with Gasteiger partial charge >= 0.3 is 6.03 Å². The molecule has 7 heteroatoms. The van der Waals surface area contributed by atoms with E-state index in [1.165, 1.54) is 0 Å². The van der Waals surface area contributed by atoms with E-state index in [1.54, 1.807) is 36.3 Å². The molecule has 3 rings (SSSR count). The number of nitrogens with zero attached hydrogens (tertiary/aromatic N) is 2. The number of rotatable bonds is 6. The van der Waals surface area contributed by atoms with Crippen LogP contribution in [0.1, 0.15) is 12.8 Å². The second-order valence-electron chi connectivity index (χ2n) is 5.72. The summed E-state index contributed by atoms with van der Waals surface area (Å²) in [5.74, 6) is 1.09. The Labute approximate surface area is 134 Å². The number of hydrogen-bond acceptors (Lipinski definition) is 5. The van der Waals surface area contributed by atoms with E-state index in [-0.39, 0.29) is 31.1 Å². The molecule has 124 valence electrons. The van der Waals surface area contributed by atoms with Gasteiger partial charge in [0, 0.05) is 6.54 Å². The number of methoxy groups -OCH3 is 1. The average Bonchev–Trinajstić information content (AvgIpc) is 3.13. The molecule has 2 aliphatic rings. The Kier molecular flexibility index (Phi) is 4.38. The number of aliphatic hydroxyl groups excluding tert-OH is 1. The molecule has 0 saturated carbocycles. The molecule has 1 aromatic carbocycles. The summed E-state index contributed by atoms with van der Waals surface area (Å²) < 4.78 is 10.5. The normalized spacial score (nSPS) is 21.6. The second kappa shape index (κ2) is 6.45. The highest BCUT2D eigenvalue weighted by molar-refractivity contribution is 6.04. The van der Waals surface area contributed by atoms with Crippen molar-refractivity contribution in [3.05, 3.63) is 24.3 Å². The molecule has 2 aliphatic heterocycles. The van der Waals surface area contributed by atoms with Gasteiger partial charge in [-0.05, 0) is 37.1 Å². The summed E-state index contributed by atoms with van der Waals surface area (Å²) >= 11 is 0. The van der Waals surface area contributed by atoms with Crippen molar-refractivity contribution in [2.45, 2.75) is 25.0 Å². The lowest BCUT2D eigenvalue weighted by Gasteiger charge is -2.19. The van der Waals surface area contributed by atoms with Crippen LogP contribution < -0.4 is 9.47 Å². The van der Waals surface area contributed by atoms with Crippen molar-refractivity contribution >= 4 is 11.9 Å². The quantitative estimate of drug-likeness (QED) is 0.787. The maximum absolute atomic E-state index is 12.2. The third-order valence-electron chi connectivity index (χ3n) is 4.18. The molecule has 0 spiro atoms. The number of amides is 3. The lowest BCUT2D eigenvalue weighted by atomic mass is 10.2. The monoisotopic (exact) mass is 320 g/mol. The van der Waals surface area contributed by atoms with Crippen molar-refractivity contribution < 1.29 is 24.2 Å². The van der Waals surface area contributed by atoms with Gasteiger partial charge in [-0.1, -0.05) is 0 Å². The zero-order chi connectivity index (χ0) is 16.4. The minimum absolute atomic E-state index is 0.00799. The number of ether oxygens (including phenoxy) is 2. The van der Waals surface area contributed by atoms with Crippen molar-refractivity contribution in [1.82, 2.24) is 9.80 Å². The number of β-amino-alcohol motifs (C(OH)–C–C–N with tert-alkyl or cyclic N) is 1. The number of benzene rings is 1. The lowest BCUT2D eigenvalue weighted by molar-refractivity contribution is -0.129. The van der Waals surface area contributed by atoms with Crippen LogP contribution in [0.25, 0.3) is 0 Å². The molecule has 0 radical (unpaired) electrons. The van der Waals surface area contributed by atoms with Crippen LogP contribution in [0, 0.1) is 0 Å². The summed E-state index contributed by atoms with van der Waals surface area (Å²) in [6.45, 7) is 0.582. The summed E-state index contributed by atoms with van der Waals surface area (Å²) in [5.41, 5.74) is 0. The molecule has 0 aromatic heterocycles. The first kappa shape index (κ1) is 15.6. The van der Waals surface area contributed by atoms with Crippen molar-refractivity contribution in [1.29, 1.82) is 0 Å². The fraction of sp³-hybridized carbons (Fsp3) is 0.500. The summed E-state index contributed by atoms with van der Waals surface area (Å²) in [6.07, 6.45) is 0.642. The molecule has 2 saturated heterocycles. The van der Waals surface area contributed by atoms with Crippen LogP contribution in [0.4, 0.5) is 4.79 Å². The van der Waals surface area contributed by atoms with Gasteiger partial charge in [-0.15, -0.1) is 0 Å². The maximum atomic E-state index is 12.2. The van der Waals surface area contributed by atoms with Crippen LogP contribution in [0.2, 0.25) is 0 Å². The van der Waals surface area contributed by atoms with E-state index in [9.17, 15) is 14.7 Å². The Morgan fingerprint density at radius 3 is 2.61 bits per heavy atom. The first-order chi connectivity index (χ1) is 11.1. The molecule has 2 heterocycles. The van der Waals surface area contributed by atoms with Crippen LogP contribution in [0.3, 0.4) is 0 Å². The molecule has 0 unspecified atom stereocenters. The standard InChI is InChI=1S/C16H20N2O5/c1-22-12-4-6-13(7-5-12)23-10-11(19)9-18-15(20)14-3-2-8-17(14)16(18)21/h4-7,11,14,19H,2-3,8-10H2,1H3/t11-,14-/m1/s1. The number of carbonyl (C=O) groups excluding carboxylic acids is 2. The Morgan fingerprint density at radius 2 is 1.96 bits per heavy atom. The van der Waals surface area contributed by atoms with Gasteiger partial charge in [0.05, 0.1) is 13.7 Å².